The van der Waals surface area contributed by atoms with Crippen molar-refractivity contribution in [1.82, 2.24) is 4.98 Å². The lowest BCUT2D eigenvalue weighted by Gasteiger charge is -2.22. The molecule has 0 radical (unpaired) electrons. The van der Waals surface area contributed by atoms with Crippen molar-refractivity contribution in [3.05, 3.63) is 63.9 Å². The highest BCUT2D eigenvalue weighted by Crippen LogP contribution is 2.34. The van der Waals surface area contributed by atoms with Crippen LogP contribution in [0.5, 0.6) is 11.5 Å². The maximum absolute atomic E-state index is 12.8. The molecule has 1 fully saturated rings. The summed E-state index contributed by atoms with van der Waals surface area (Å²) in [6.07, 6.45) is 6.23. The first-order valence-corrected chi connectivity index (χ1v) is 9.91. The molecule has 0 saturated heterocycles. The molecule has 6 heteroatoms. The fourth-order valence-corrected chi connectivity index (χ4v) is 4.15. The Morgan fingerprint density at radius 3 is 2.52 bits per heavy atom. The van der Waals surface area contributed by atoms with Gasteiger partial charge in [-0.2, -0.15) is 0 Å². The third-order valence-electron chi connectivity index (χ3n) is 5.67. The van der Waals surface area contributed by atoms with Gasteiger partial charge in [0.15, 0.2) is 0 Å². The van der Waals surface area contributed by atoms with Gasteiger partial charge in [0, 0.05) is 5.69 Å². The number of aromatic hydroxyl groups is 1. The lowest BCUT2D eigenvalue weighted by atomic mass is 9.84. The number of rotatable bonds is 4. The third-order valence-corrected chi connectivity index (χ3v) is 5.67. The lowest BCUT2D eigenvalue weighted by Crippen LogP contribution is -2.23. The summed E-state index contributed by atoms with van der Waals surface area (Å²) in [4.78, 5) is 27.8. The van der Waals surface area contributed by atoms with E-state index in [1.54, 1.807) is 18.2 Å². The van der Waals surface area contributed by atoms with Crippen LogP contribution in [0.25, 0.3) is 10.9 Å². The molecule has 1 aliphatic carbocycles. The number of amides is 1. The van der Waals surface area contributed by atoms with Gasteiger partial charge in [-0.15, -0.1) is 0 Å². The van der Waals surface area contributed by atoms with Crippen molar-refractivity contribution in [2.75, 3.05) is 12.4 Å². The summed E-state index contributed by atoms with van der Waals surface area (Å²) >= 11 is 0. The standard InChI is InChI=1S/C23H24N2O4/c1-29-18-9-5-8-17-19(18)21(26)20(23(28)25-17)22(27)24-16-12-10-15(11-13-16)14-6-3-2-4-7-14/h5,8-14H,2-4,6-7H2,1H3,(H,24,27)(H2,25,26,28). The molecule has 150 valence electrons. The second kappa shape index (κ2) is 7.99. The number of H-pyrrole nitrogens is 1. The number of hydrogen-bond donors (Lipinski definition) is 3. The van der Waals surface area contributed by atoms with Gasteiger partial charge in [0.2, 0.25) is 0 Å². The second-order valence-corrected chi connectivity index (χ2v) is 7.47. The molecular formula is C23H24N2O4. The molecule has 4 rings (SSSR count). The van der Waals surface area contributed by atoms with E-state index in [4.69, 9.17) is 4.74 Å². The first-order valence-electron chi connectivity index (χ1n) is 9.91. The smallest absolute Gasteiger partial charge is 0.265 e. The van der Waals surface area contributed by atoms with Gasteiger partial charge in [-0.1, -0.05) is 37.5 Å². The van der Waals surface area contributed by atoms with E-state index in [-0.39, 0.29) is 5.56 Å². The number of carbonyl (C=O) groups excluding carboxylic acids is 1. The maximum atomic E-state index is 12.8. The summed E-state index contributed by atoms with van der Waals surface area (Å²) < 4.78 is 5.26. The van der Waals surface area contributed by atoms with Gasteiger partial charge in [-0.25, -0.2) is 0 Å². The van der Waals surface area contributed by atoms with Gasteiger partial charge in [0.1, 0.15) is 17.1 Å². The number of anilines is 1. The first-order chi connectivity index (χ1) is 14.1. The normalized spacial score (nSPS) is 14.7. The van der Waals surface area contributed by atoms with E-state index >= 15 is 0 Å². The predicted molar refractivity (Wildman–Crippen MR) is 113 cm³/mol. The molecule has 3 aromatic rings. The Labute approximate surface area is 168 Å². The Bertz CT molecular complexity index is 1100. The number of ether oxygens (including phenoxy) is 1. The van der Waals surface area contributed by atoms with Gasteiger partial charge >= 0.3 is 0 Å². The molecule has 1 aliphatic rings. The van der Waals surface area contributed by atoms with Crippen LogP contribution in [-0.4, -0.2) is 23.1 Å². The lowest BCUT2D eigenvalue weighted by molar-refractivity contribution is 0.102. The number of aromatic amines is 1. The number of nitrogens with one attached hydrogen (secondary N) is 2. The average Bonchev–Trinajstić information content (AvgIpc) is 2.74. The van der Waals surface area contributed by atoms with E-state index in [1.165, 1.54) is 44.8 Å². The van der Waals surface area contributed by atoms with Gasteiger partial charge in [0.25, 0.3) is 11.5 Å². The van der Waals surface area contributed by atoms with Crippen molar-refractivity contribution in [1.29, 1.82) is 0 Å². The number of hydrogen-bond acceptors (Lipinski definition) is 4. The van der Waals surface area contributed by atoms with Crippen molar-refractivity contribution >= 4 is 22.5 Å². The minimum atomic E-state index is -0.665. The molecular weight excluding hydrogens is 368 g/mol. The molecule has 0 spiro atoms. The highest BCUT2D eigenvalue weighted by atomic mass is 16.5. The van der Waals surface area contributed by atoms with Crippen LogP contribution in [0.1, 0.15) is 53.9 Å². The minimum absolute atomic E-state index is 0.299. The number of benzene rings is 2. The minimum Gasteiger partial charge on any atom is -0.506 e. The zero-order chi connectivity index (χ0) is 20.4. The molecule has 1 saturated carbocycles. The van der Waals surface area contributed by atoms with E-state index in [2.05, 4.69) is 10.3 Å². The van der Waals surface area contributed by atoms with Crippen LogP contribution in [-0.2, 0) is 0 Å². The SMILES string of the molecule is COc1cccc2[nH]c(=O)c(C(=O)Nc3ccc(C4CCCCC4)cc3)c(O)c12. The Kier molecular flexibility index (Phi) is 5.25. The summed E-state index contributed by atoms with van der Waals surface area (Å²) in [5, 5.41) is 13.7. The van der Waals surface area contributed by atoms with Crippen molar-refractivity contribution < 1.29 is 14.6 Å². The first kappa shape index (κ1) is 19.1. The van der Waals surface area contributed by atoms with Crippen LogP contribution < -0.4 is 15.6 Å². The van der Waals surface area contributed by atoms with Crippen molar-refractivity contribution in [2.24, 2.45) is 0 Å². The third kappa shape index (κ3) is 3.70. The molecule has 0 unspecified atom stereocenters. The molecule has 1 heterocycles. The van der Waals surface area contributed by atoms with E-state index in [0.717, 1.165) is 0 Å². The summed E-state index contributed by atoms with van der Waals surface area (Å²) in [6.45, 7) is 0. The van der Waals surface area contributed by atoms with Crippen LogP contribution in [0, 0.1) is 0 Å². The molecule has 0 bridgehead atoms. The predicted octanol–water partition coefficient (Wildman–Crippen LogP) is 4.54. The van der Waals surface area contributed by atoms with E-state index in [0.29, 0.717) is 28.3 Å². The largest absolute Gasteiger partial charge is 0.506 e. The molecule has 1 aromatic heterocycles. The summed E-state index contributed by atoms with van der Waals surface area (Å²) in [5.74, 6) is -0.102. The van der Waals surface area contributed by atoms with E-state index in [1.807, 2.05) is 24.3 Å². The average molecular weight is 392 g/mol. The molecule has 2 aromatic carbocycles. The molecule has 0 atom stereocenters. The number of methoxy groups -OCH3 is 1. The van der Waals surface area contributed by atoms with Crippen LogP contribution in [0.4, 0.5) is 5.69 Å². The molecule has 0 aliphatic heterocycles. The number of carbonyl (C=O) groups is 1. The Hall–Kier alpha value is -3.28. The zero-order valence-corrected chi connectivity index (χ0v) is 16.3. The van der Waals surface area contributed by atoms with Crippen molar-refractivity contribution in [3.63, 3.8) is 0 Å². The highest BCUT2D eigenvalue weighted by Gasteiger charge is 2.22. The Balaban J connectivity index is 1.61. The van der Waals surface area contributed by atoms with Gasteiger partial charge in [-0.3, -0.25) is 9.59 Å². The monoisotopic (exact) mass is 392 g/mol. The maximum Gasteiger partial charge on any atom is 0.265 e. The van der Waals surface area contributed by atoms with Crippen LogP contribution in [0.2, 0.25) is 0 Å². The molecule has 6 nitrogen and oxygen atoms in total. The fraction of sp³-hybridized carbons (Fsp3) is 0.304. The number of aromatic nitrogens is 1. The molecule has 3 N–H and O–H groups in total. The van der Waals surface area contributed by atoms with Gasteiger partial charge < -0.3 is 20.1 Å². The van der Waals surface area contributed by atoms with Crippen molar-refractivity contribution in [3.8, 4) is 11.5 Å². The van der Waals surface area contributed by atoms with E-state index in [9.17, 15) is 14.7 Å². The van der Waals surface area contributed by atoms with Crippen LogP contribution >= 0.6 is 0 Å². The highest BCUT2D eigenvalue weighted by molar-refractivity contribution is 6.09. The number of pyridine rings is 1. The molecule has 29 heavy (non-hydrogen) atoms. The fourth-order valence-electron chi connectivity index (χ4n) is 4.15. The Morgan fingerprint density at radius 1 is 1.10 bits per heavy atom. The second-order valence-electron chi connectivity index (χ2n) is 7.47. The summed E-state index contributed by atoms with van der Waals surface area (Å²) in [7, 11) is 1.47. The quantitative estimate of drug-likeness (QED) is 0.608. The van der Waals surface area contributed by atoms with Gasteiger partial charge in [0.05, 0.1) is 18.0 Å². The van der Waals surface area contributed by atoms with Gasteiger partial charge in [-0.05, 0) is 48.6 Å². The summed E-state index contributed by atoms with van der Waals surface area (Å²) in [5.41, 5.74) is 1.27. The zero-order valence-electron chi connectivity index (χ0n) is 16.3. The topological polar surface area (TPSA) is 91.4 Å². The molecule has 1 amide bonds. The van der Waals surface area contributed by atoms with E-state index < -0.39 is 17.2 Å². The number of fused-ring (bicyclic) bond motifs is 1. The Morgan fingerprint density at radius 2 is 1.83 bits per heavy atom. The van der Waals surface area contributed by atoms with Crippen LogP contribution in [0.15, 0.2) is 47.3 Å². The van der Waals surface area contributed by atoms with Crippen molar-refractivity contribution in [2.45, 2.75) is 38.0 Å². The summed E-state index contributed by atoms with van der Waals surface area (Å²) in [6, 6.07) is 12.7. The van der Waals surface area contributed by atoms with Crippen LogP contribution in [0.3, 0.4) is 0 Å².